The van der Waals surface area contributed by atoms with Crippen molar-refractivity contribution in [1.82, 2.24) is 0 Å². The number of halogens is 1. The van der Waals surface area contributed by atoms with Crippen LogP contribution in [0.4, 0.5) is 10.1 Å². The minimum atomic E-state index is -0.191. The smallest absolute Gasteiger partial charge is 0.128 e. The molecule has 2 nitrogen and oxygen atoms in total. The summed E-state index contributed by atoms with van der Waals surface area (Å²) in [6.07, 6.45) is 0.610. The molecule has 0 amide bonds. The summed E-state index contributed by atoms with van der Waals surface area (Å²) in [5.41, 5.74) is 7.27. The van der Waals surface area contributed by atoms with Crippen molar-refractivity contribution in [2.45, 2.75) is 13.0 Å². The Morgan fingerprint density at radius 3 is 2.35 bits per heavy atom. The molecular formula is C16H17FN2S. The number of anilines is 1. The van der Waals surface area contributed by atoms with Gasteiger partial charge in [0.2, 0.25) is 0 Å². The first kappa shape index (κ1) is 14.5. The number of thiocarbonyl (C=S) groups is 1. The second kappa shape index (κ2) is 7.01. The Morgan fingerprint density at radius 2 is 1.70 bits per heavy atom. The van der Waals surface area contributed by atoms with Crippen LogP contribution in [-0.4, -0.2) is 11.5 Å². The summed E-state index contributed by atoms with van der Waals surface area (Å²) in [6, 6.07) is 16.7. The molecule has 0 radical (unpaired) electrons. The van der Waals surface area contributed by atoms with Crippen molar-refractivity contribution in [1.29, 1.82) is 0 Å². The zero-order valence-electron chi connectivity index (χ0n) is 11.1. The van der Waals surface area contributed by atoms with Crippen LogP contribution in [0.1, 0.15) is 12.0 Å². The zero-order valence-corrected chi connectivity index (χ0v) is 11.9. The fourth-order valence-electron chi connectivity index (χ4n) is 2.02. The van der Waals surface area contributed by atoms with Gasteiger partial charge in [0.1, 0.15) is 5.82 Å². The first-order valence-corrected chi connectivity index (χ1v) is 6.89. The lowest BCUT2D eigenvalue weighted by Gasteiger charge is -2.25. The van der Waals surface area contributed by atoms with Crippen LogP contribution in [0.3, 0.4) is 0 Å². The summed E-state index contributed by atoms with van der Waals surface area (Å²) in [5, 5.41) is 0. The molecule has 0 unspecified atom stereocenters. The molecule has 0 saturated carbocycles. The maximum absolute atomic E-state index is 13.8. The summed E-state index contributed by atoms with van der Waals surface area (Å²) < 4.78 is 13.8. The number of benzene rings is 2. The topological polar surface area (TPSA) is 29.3 Å². The van der Waals surface area contributed by atoms with Crippen LogP contribution in [0, 0.1) is 5.82 Å². The molecular weight excluding hydrogens is 271 g/mol. The molecule has 0 aliphatic rings. The second-order valence-electron chi connectivity index (χ2n) is 4.56. The molecule has 2 N–H and O–H groups in total. The number of hydrogen-bond donors (Lipinski definition) is 1. The minimum Gasteiger partial charge on any atom is -0.393 e. The summed E-state index contributed by atoms with van der Waals surface area (Å²) in [6.45, 7) is 1.17. The van der Waals surface area contributed by atoms with E-state index in [1.807, 2.05) is 36.4 Å². The highest BCUT2D eigenvalue weighted by Crippen LogP contribution is 2.18. The molecule has 0 fully saturated rings. The van der Waals surface area contributed by atoms with E-state index in [2.05, 4.69) is 4.90 Å². The van der Waals surface area contributed by atoms with Crippen molar-refractivity contribution in [2.75, 3.05) is 11.4 Å². The zero-order chi connectivity index (χ0) is 14.4. The molecule has 0 spiro atoms. The van der Waals surface area contributed by atoms with Crippen molar-refractivity contribution in [3.8, 4) is 0 Å². The molecule has 20 heavy (non-hydrogen) atoms. The molecule has 104 valence electrons. The molecule has 0 aliphatic heterocycles. The van der Waals surface area contributed by atoms with Gasteiger partial charge in [0.25, 0.3) is 0 Å². The molecule has 0 heterocycles. The molecule has 0 aromatic heterocycles. The van der Waals surface area contributed by atoms with E-state index in [1.54, 1.807) is 12.1 Å². The van der Waals surface area contributed by atoms with Gasteiger partial charge in [-0.15, -0.1) is 0 Å². The Balaban J connectivity index is 2.18. The van der Waals surface area contributed by atoms with Crippen molar-refractivity contribution >= 4 is 22.9 Å². The molecule has 0 bridgehead atoms. The molecule has 0 aliphatic carbocycles. The highest BCUT2D eigenvalue weighted by atomic mass is 32.1. The molecule has 0 atom stereocenters. The first-order chi connectivity index (χ1) is 9.66. The van der Waals surface area contributed by atoms with E-state index >= 15 is 0 Å². The Labute approximate surface area is 124 Å². The molecule has 4 heteroatoms. The Morgan fingerprint density at radius 1 is 1.05 bits per heavy atom. The van der Waals surface area contributed by atoms with Gasteiger partial charge >= 0.3 is 0 Å². The van der Waals surface area contributed by atoms with Crippen LogP contribution >= 0.6 is 12.2 Å². The van der Waals surface area contributed by atoms with Gasteiger partial charge in [0.15, 0.2) is 0 Å². The van der Waals surface area contributed by atoms with E-state index in [9.17, 15) is 4.39 Å². The van der Waals surface area contributed by atoms with Crippen molar-refractivity contribution in [2.24, 2.45) is 5.73 Å². The number of nitrogens with zero attached hydrogens (tertiary/aromatic N) is 1. The maximum atomic E-state index is 13.8. The largest absolute Gasteiger partial charge is 0.393 e. The maximum Gasteiger partial charge on any atom is 0.128 e. The van der Waals surface area contributed by atoms with Gasteiger partial charge in [-0.2, -0.15) is 0 Å². The SMILES string of the molecule is NC(=S)CCN(Cc1ccccc1F)c1ccccc1. The predicted octanol–water partition coefficient (Wildman–Crippen LogP) is 3.51. The van der Waals surface area contributed by atoms with E-state index in [1.165, 1.54) is 6.07 Å². The lowest BCUT2D eigenvalue weighted by Crippen LogP contribution is -2.27. The molecule has 2 aromatic carbocycles. The monoisotopic (exact) mass is 288 g/mol. The third-order valence-corrected chi connectivity index (χ3v) is 3.27. The highest BCUT2D eigenvalue weighted by Gasteiger charge is 2.10. The summed E-state index contributed by atoms with van der Waals surface area (Å²) in [5.74, 6) is -0.191. The van der Waals surface area contributed by atoms with E-state index < -0.39 is 0 Å². The van der Waals surface area contributed by atoms with Gasteiger partial charge in [0.05, 0.1) is 4.99 Å². The second-order valence-corrected chi connectivity index (χ2v) is 5.09. The van der Waals surface area contributed by atoms with E-state index in [0.717, 1.165) is 5.69 Å². The van der Waals surface area contributed by atoms with Crippen LogP contribution in [0.2, 0.25) is 0 Å². The normalized spacial score (nSPS) is 10.2. The highest BCUT2D eigenvalue weighted by molar-refractivity contribution is 7.80. The average Bonchev–Trinajstić information content (AvgIpc) is 2.46. The molecule has 2 rings (SSSR count). The van der Waals surface area contributed by atoms with Crippen molar-refractivity contribution in [3.05, 3.63) is 66.0 Å². The summed E-state index contributed by atoms with van der Waals surface area (Å²) >= 11 is 4.93. The van der Waals surface area contributed by atoms with Gasteiger partial charge < -0.3 is 10.6 Å². The number of nitrogens with two attached hydrogens (primary N) is 1. The molecule has 2 aromatic rings. The van der Waals surface area contributed by atoms with Crippen LogP contribution < -0.4 is 10.6 Å². The van der Waals surface area contributed by atoms with Crippen molar-refractivity contribution in [3.63, 3.8) is 0 Å². The third-order valence-electron chi connectivity index (χ3n) is 3.07. The van der Waals surface area contributed by atoms with Gasteiger partial charge in [-0.1, -0.05) is 48.6 Å². The lowest BCUT2D eigenvalue weighted by molar-refractivity contribution is 0.604. The predicted molar refractivity (Wildman–Crippen MR) is 85.3 cm³/mol. The summed E-state index contributed by atoms with van der Waals surface area (Å²) in [7, 11) is 0. The Kier molecular flexibility index (Phi) is 5.07. The van der Waals surface area contributed by atoms with E-state index in [4.69, 9.17) is 18.0 Å². The number of rotatable bonds is 6. The lowest BCUT2D eigenvalue weighted by atomic mass is 10.1. The van der Waals surface area contributed by atoms with Crippen LogP contribution in [0.25, 0.3) is 0 Å². The quantitative estimate of drug-likeness (QED) is 0.825. The first-order valence-electron chi connectivity index (χ1n) is 6.48. The van der Waals surface area contributed by atoms with Crippen LogP contribution in [0.5, 0.6) is 0 Å². The van der Waals surface area contributed by atoms with Crippen LogP contribution in [-0.2, 0) is 6.54 Å². The van der Waals surface area contributed by atoms with Gasteiger partial charge in [-0.3, -0.25) is 0 Å². The third kappa shape index (κ3) is 4.03. The number of para-hydroxylation sites is 1. The summed E-state index contributed by atoms with van der Waals surface area (Å²) in [4.78, 5) is 2.55. The van der Waals surface area contributed by atoms with Crippen molar-refractivity contribution < 1.29 is 4.39 Å². The number of hydrogen-bond acceptors (Lipinski definition) is 2. The van der Waals surface area contributed by atoms with E-state index in [-0.39, 0.29) is 5.82 Å². The Bertz CT molecular complexity index is 572. The molecule has 0 saturated heterocycles. The standard InChI is InChI=1S/C16H17FN2S/c17-15-9-5-4-6-13(15)12-19(11-10-16(18)20)14-7-2-1-3-8-14/h1-9H,10-12H2,(H2,18,20). The fourth-order valence-corrected chi connectivity index (χ4v) is 2.11. The van der Waals surface area contributed by atoms with Gasteiger partial charge in [-0.25, -0.2) is 4.39 Å². The fraction of sp³-hybridized carbons (Fsp3) is 0.188. The van der Waals surface area contributed by atoms with Crippen LogP contribution in [0.15, 0.2) is 54.6 Å². The minimum absolute atomic E-state index is 0.191. The van der Waals surface area contributed by atoms with Gasteiger partial charge in [0, 0.05) is 30.8 Å². The average molecular weight is 288 g/mol. The van der Waals surface area contributed by atoms with Gasteiger partial charge in [-0.05, 0) is 18.2 Å². The Hall–Kier alpha value is -1.94. The van der Waals surface area contributed by atoms with E-state index in [0.29, 0.717) is 30.1 Å².